The smallest absolute Gasteiger partial charge is 0.224 e. The van der Waals surface area contributed by atoms with Gasteiger partial charge in [-0.05, 0) is 13.0 Å². The Kier molecular flexibility index (Phi) is 5.28. The van der Waals surface area contributed by atoms with Gasteiger partial charge in [-0.2, -0.15) is 0 Å². The minimum atomic E-state index is 0. The average Bonchev–Trinajstić information content (AvgIpc) is 2.90. The van der Waals surface area contributed by atoms with Gasteiger partial charge in [0.05, 0.1) is 12.2 Å². The first-order valence-corrected chi connectivity index (χ1v) is 5.30. The maximum Gasteiger partial charge on any atom is 0.224 e. The number of nitrogens with one attached hydrogen (secondary N) is 2. The second kappa shape index (κ2) is 6.50. The molecule has 2 heterocycles. The summed E-state index contributed by atoms with van der Waals surface area (Å²) >= 11 is 0. The summed E-state index contributed by atoms with van der Waals surface area (Å²) in [5.41, 5.74) is 0. The molecular weight excluding hydrogens is 228 g/mol. The first kappa shape index (κ1) is 13.0. The van der Waals surface area contributed by atoms with Gasteiger partial charge in [0.15, 0.2) is 0 Å². The van der Waals surface area contributed by atoms with Crippen molar-refractivity contribution in [3.05, 3.63) is 18.7 Å². The van der Waals surface area contributed by atoms with E-state index in [0.717, 1.165) is 26.1 Å². The van der Waals surface area contributed by atoms with Crippen LogP contribution in [0.2, 0.25) is 0 Å². The summed E-state index contributed by atoms with van der Waals surface area (Å²) in [7, 11) is 0. The van der Waals surface area contributed by atoms with Gasteiger partial charge in [0.2, 0.25) is 5.91 Å². The molecule has 0 aromatic carbocycles. The molecule has 0 saturated carbocycles. The van der Waals surface area contributed by atoms with E-state index in [4.69, 9.17) is 0 Å². The van der Waals surface area contributed by atoms with Gasteiger partial charge >= 0.3 is 0 Å². The first-order chi connectivity index (χ1) is 7.36. The molecule has 0 spiro atoms. The van der Waals surface area contributed by atoms with E-state index in [-0.39, 0.29) is 24.2 Å². The zero-order chi connectivity index (χ0) is 10.5. The molecule has 2 N–H and O–H groups in total. The third-order valence-corrected chi connectivity index (χ3v) is 2.66. The molecule has 5 nitrogen and oxygen atoms in total. The number of halogens is 1. The highest BCUT2D eigenvalue weighted by Gasteiger charge is 2.21. The van der Waals surface area contributed by atoms with Crippen molar-refractivity contribution in [2.45, 2.75) is 13.0 Å². The van der Waals surface area contributed by atoms with Crippen molar-refractivity contribution in [2.75, 3.05) is 19.6 Å². The van der Waals surface area contributed by atoms with Crippen LogP contribution in [0.25, 0.3) is 0 Å². The predicted octanol–water partition coefficient (Wildman–Crippen LogP) is 0.0306. The normalized spacial score (nSPS) is 19.1. The molecule has 0 aliphatic carbocycles. The minimum Gasteiger partial charge on any atom is -0.354 e. The zero-order valence-corrected chi connectivity index (χ0v) is 9.87. The molecular formula is C10H17ClN4O. The van der Waals surface area contributed by atoms with Gasteiger partial charge in [0.1, 0.15) is 0 Å². The zero-order valence-electron chi connectivity index (χ0n) is 9.06. The van der Waals surface area contributed by atoms with Crippen molar-refractivity contribution in [3.63, 3.8) is 0 Å². The van der Waals surface area contributed by atoms with E-state index in [2.05, 4.69) is 15.6 Å². The molecule has 0 bridgehead atoms. The molecule has 2 rings (SSSR count). The molecule has 1 unspecified atom stereocenters. The lowest BCUT2D eigenvalue weighted by atomic mass is 10.1. The monoisotopic (exact) mass is 244 g/mol. The van der Waals surface area contributed by atoms with Crippen LogP contribution in [0.15, 0.2) is 18.7 Å². The molecule has 1 aromatic rings. The van der Waals surface area contributed by atoms with Gasteiger partial charge in [-0.15, -0.1) is 12.4 Å². The van der Waals surface area contributed by atoms with Gasteiger partial charge < -0.3 is 15.2 Å². The number of hydrogen-bond donors (Lipinski definition) is 2. The highest BCUT2D eigenvalue weighted by atomic mass is 35.5. The molecule has 1 aromatic heterocycles. The Morgan fingerprint density at radius 3 is 3.12 bits per heavy atom. The lowest BCUT2D eigenvalue weighted by Gasteiger charge is -2.09. The van der Waals surface area contributed by atoms with Gasteiger partial charge in [0.25, 0.3) is 0 Å². The number of carbonyl (C=O) groups is 1. The van der Waals surface area contributed by atoms with Crippen LogP contribution in [-0.4, -0.2) is 35.1 Å². The number of amides is 1. The Labute approximate surface area is 101 Å². The fourth-order valence-corrected chi connectivity index (χ4v) is 1.75. The summed E-state index contributed by atoms with van der Waals surface area (Å²) in [4.78, 5) is 15.5. The third-order valence-electron chi connectivity index (χ3n) is 2.66. The summed E-state index contributed by atoms with van der Waals surface area (Å²) in [5, 5.41) is 6.12. The largest absolute Gasteiger partial charge is 0.354 e. The number of aromatic nitrogens is 2. The van der Waals surface area contributed by atoms with Crippen molar-refractivity contribution < 1.29 is 4.79 Å². The summed E-state index contributed by atoms with van der Waals surface area (Å²) in [6.45, 7) is 3.23. The first-order valence-electron chi connectivity index (χ1n) is 5.30. The van der Waals surface area contributed by atoms with E-state index < -0.39 is 0 Å². The summed E-state index contributed by atoms with van der Waals surface area (Å²) < 4.78 is 1.95. The summed E-state index contributed by atoms with van der Waals surface area (Å²) in [5.74, 6) is 0.327. The van der Waals surface area contributed by atoms with Crippen molar-refractivity contribution >= 4 is 18.3 Å². The number of nitrogens with zero attached hydrogens (tertiary/aromatic N) is 2. The molecule has 1 saturated heterocycles. The predicted molar refractivity (Wildman–Crippen MR) is 63.5 cm³/mol. The molecule has 1 aliphatic rings. The fourth-order valence-electron chi connectivity index (χ4n) is 1.75. The average molecular weight is 245 g/mol. The van der Waals surface area contributed by atoms with Crippen LogP contribution < -0.4 is 10.6 Å². The van der Waals surface area contributed by atoms with E-state index in [9.17, 15) is 4.79 Å². The van der Waals surface area contributed by atoms with Crippen LogP contribution in [0, 0.1) is 5.92 Å². The van der Waals surface area contributed by atoms with Crippen molar-refractivity contribution in [3.8, 4) is 0 Å². The summed E-state index contributed by atoms with van der Waals surface area (Å²) in [6.07, 6.45) is 6.34. The molecule has 0 radical (unpaired) electrons. The summed E-state index contributed by atoms with van der Waals surface area (Å²) in [6, 6.07) is 0. The molecule has 6 heteroatoms. The van der Waals surface area contributed by atoms with Crippen LogP contribution in [0.4, 0.5) is 0 Å². The highest BCUT2D eigenvalue weighted by molar-refractivity contribution is 5.85. The molecule has 1 aliphatic heterocycles. The van der Waals surface area contributed by atoms with E-state index >= 15 is 0 Å². The van der Waals surface area contributed by atoms with E-state index in [0.29, 0.717) is 6.54 Å². The topological polar surface area (TPSA) is 59.0 Å². The Balaban J connectivity index is 0.00000128. The molecule has 1 fully saturated rings. The molecule has 16 heavy (non-hydrogen) atoms. The molecule has 90 valence electrons. The van der Waals surface area contributed by atoms with Crippen LogP contribution in [0.5, 0.6) is 0 Å². The second-order valence-electron chi connectivity index (χ2n) is 3.78. The van der Waals surface area contributed by atoms with Crippen LogP contribution in [0.1, 0.15) is 6.42 Å². The fraction of sp³-hybridized carbons (Fsp3) is 0.600. The standard InChI is InChI=1S/C10H16N4O.ClH/c15-10(9-1-2-11-7-9)13-4-6-14-5-3-12-8-14;/h3,5,8-9,11H,1-2,4,6-7H2,(H,13,15);1H. The van der Waals surface area contributed by atoms with Crippen LogP contribution in [-0.2, 0) is 11.3 Å². The number of rotatable bonds is 4. The lowest BCUT2D eigenvalue weighted by Crippen LogP contribution is -2.33. The van der Waals surface area contributed by atoms with Crippen molar-refractivity contribution in [2.24, 2.45) is 5.92 Å². The van der Waals surface area contributed by atoms with Crippen molar-refractivity contribution in [1.82, 2.24) is 20.2 Å². The molecule has 1 amide bonds. The van der Waals surface area contributed by atoms with E-state index in [1.807, 2.05) is 10.8 Å². The number of hydrogen-bond acceptors (Lipinski definition) is 3. The molecule has 1 atom stereocenters. The maximum atomic E-state index is 11.6. The maximum absolute atomic E-state index is 11.6. The van der Waals surface area contributed by atoms with Crippen LogP contribution in [0.3, 0.4) is 0 Å². The lowest BCUT2D eigenvalue weighted by molar-refractivity contribution is -0.124. The van der Waals surface area contributed by atoms with Gasteiger partial charge in [-0.1, -0.05) is 0 Å². The Morgan fingerprint density at radius 2 is 2.50 bits per heavy atom. The highest BCUT2D eigenvalue weighted by Crippen LogP contribution is 2.06. The van der Waals surface area contributed by atoms with Gasteiger partial charge in [0, 0.05) is 32.0 Å². The number of imidazole rings is 1. The third kappa shape index (κ3) is 3.50. The Morgan fingerprint density at radius 1 is 1.62 bits per heavy atom. The van der Waals surface area contributed by atoms with Crippen LogP contribution >= 0.6 is 12.4 Å². The SMILES string of the molecule is Cl.O=C(NCCn1ccnc1)C1CCNC1. The van der Waals surface area contributed by atoms with E-state index in [1.165, 1.54) is 0 Å². The Bertz CT molecular complexity index is 309. The minimum absolute atomic E-state index is 0. The van der Waals surface area contributed by atoms with Gasteiger partial charge in [-0.3, -0.25) is 4.79 Å². The van der Waals surface area contributed by atoms with Gasteiger partial charge in [-0.25, -0.2) is 4.98 Å². The van der Waals surface area contributed by atoms with E-state index in [1.54, 1.807) is 12.5 Å². The Hall–Kier alpha value is -1.07. The quantitative estimate of drug-likeness (QED) is 0.786. The number of carbonyl (C=O) groups excluding carboxylic acids is 1. The van der Waals surface area contributed by atoms with Crippen molar-refractivity contribution in [1.29, 1.82) is 0 Å². The second-order valence-corrected chi connectivity index (χ2v) is 3.78.